The lowest BCUT2D eigenvalue weighted by Gasteiger charge is -2.14. The maximum Gasteiger partial charge on any atom is 0.257 e. The zero-order valence-corrected chi connectivity index (χ0v) is 17.3. The highest BCUT2D eigenvalue weighted by Gasteiger charge is 2.16. The molecule has 156 valence electrons. The van der Waals surface area contributed by atoms with E-state index >= 15 is 0 Å². The molecule has 0 aliphatic carbocycles. The van der Waals surface area contributed by atoms with Gasteiger partial charge in [-0.15, -0.1) is 10.2 Å². The number of amides is 2. The summed E-state index contributed by atoms with van der Waals surface area (Å²) in [4.78, 5) is 24.3. The first-order valence-corrected chi connectivity index (χ1v) is 10.7. The Labute approximate surface area is 173 Å². The van der Waals surface area contributed by atoms with Crippen LogP contribution in [0.4, 0.5) is 17.1 Å². The van der Waals surface area contributed by atoms with Crippen LogP contribution < -0.4 is 15.4 Å². The molecular weight excluding hydrogens is 408 g/mol. The molecule has 0 saturated carbocycles. The van der Waals surface area contributed by atoms with Crippen LogP contribution in [-0.4, -0.2) is 41.3 Å². The fourth-order valence-electron chi connectivity index (χ4n) is 2.78. The van der Waals surface area contributed by atoms with E-state index in [-0.39, 0.29) is 17.2 Å². The number of aromatic nitrogens is 3. The fourth-order valence-corrected chi connectivity index (χ4v) is 3.36. The predicted molar refractivity (Wildman–Crippen MR) is 114 cm³/mol. The molecule has 3 aromatic rings. The Bertz CT molecular complexity index is 1220. The smallest absolute Gasteiger partial charge is 0.257 e. The number of carbonyl (C=O) groups excluding carboxylic acids is 2. The summed E-state index contributed by atoms with van der Waals surface area (Å²) in [6, 6.07) is 11.3. The first kappa shape index (κ1) is 21.0. The Balaban J connectivity index is 1.93. The summed E-state index contributed by atoms with van der Waals surface area (Å²) in [6.07, 6.45) is 2.55. The molecule has 0 aliphatic heterocycles. The summed E-state index contributed by atoms with van der Waals surface area (Å²) < 4.78 is 27.4. The Kier molecular flexibility index (Phi) is 5.83. The number of carbonyl (C=O) groups is 2. The van der Waals surface area contributed by atoms with E-state index in [1.807, 2.05) is 6.07 Å². The monoisotopic (exact) mass is 428 g/mol. The number of aryl methyl sites for hydroxylation is 1. The summed E-state index contributed by atoms with van der Waals surface area (Å²) in [5.41, 5.74) is 1.73. The molecule has 10 nitrogen and oxygen atoms in total. The van der Waals surface area contributed by atoms with Crippen LogP contribution in [-0.2, 0) is 21.9 Å². The molecule has 0 fully saturated rings. The molecule has 11 heteroatoms. The third-order valence-electron chi connectivity index (χ3n) is 3.97. The molecule has 3 N–H and O–H groups in total. The molecule has 1 heterocycles. The van der Waals surface area contributed by atoms with Crippen molar-refractivity contribution >= 4 is 38.9 Å². The van der Waals surface area contributed by atoms with Crippen molar-refractivity contribution in [3.63, 3.8) is 0 Å². The van der Waals surface area contributed by atoms with E-state index < -0.39 is 15.9 Å². The van der Waals surface area contributed by atoms with Gasteiger partial charge in [0.25, 0.3) is 5.91 Å². The van der Waals surface area contributed by atoms with Gasteiger partial charge < -0.3 is 15.2 Å². The van der Waals surface area contributed by atoms with Gasteiger partial charge in [0.05, 0.1) is 17.5 Å². The van der Waals surface area contributed by atoms with Crippen molar-refractivity contribution in [2.45, 2.75) is 6.92 Å². The summed E-state index contributed by atoms with van der Waals surface area (Å²) >= 11 is 0. The first-order chi connectivity index (χ1) is 14.1. The Morgan fingerprint density at radius 3 is 2.40 bits per heavy atom. The molecule has 0 atom stereocenters. The zero-order valence-electron chi connectivity index (χ0n) is 16.5. The summed E-state index contributed by atoms with van der Waals surface area (Å²) in [5, 5.41) is 13.2. The highest BCUT2D eigenvalue weighted by atomic mass is 32.2. The van der Waals surface area contributed by atoms with Crippen molar-refractivity contribution < 1.29 is 18.0 Å². The topological polar surface area (TPSA) is 135 Å². The van der Waals surface area contributed by atoms with E-state index in [2.05, 4.69) is 25.6 Å². The van der Waals surface area contributed by atoms with Crippen molar-refractivity contribution in [2.24, 2.45) is 7.05 Å². The van der Waals surface area contributed by atoms with Gasteiger partial charge >= 0.3 is 0 Å². The minimum Gasteiger partial charge on any atom is -0.326 e. The average Bonchev–Trinajstić information content (AvgIpc) is 3.07. The maximum atomic E-state index is 12.9. The molecule has 0 radical (unpaired) electrons. The van der Waals surface area contributed by atoms with E-state index in [9.17, 15) is 18.0 Å². The van der Waals surface area contributed by atoms with Crippen LogP contribution in [0.1, 0.15) is 17.3 Å². The number of hydrogen-bond donors (Lipinski definition) is 3. The van der Waals surface area contributed by atoms with Crippen molar-refractivity contribution in [1.82, 2.24) is 14.8 Å². The van der Waals surface area contributed by atoms with Gasteiger partial charge in [0, 0.05) is 30.9 Å². The lowest BCUT2D eigenvalue weighted by molar-refractivity contribution is -0.114. The van der Waals surface area contributed by atoms with Gasteiger partial charge in [-0.05, 0) is 30.3 Å². The van der Waals surface area contributed by atoms with Crippen LogP contribution in [0, 0.1) is 0 Å². The van der Waals surface area contributed by atoms with E-state index in [0.29, 0.717) is 17.2 Å². The van der Waals surface area contributed by atoms with Gasteiger partial charge in [0.1, 0.15) is 6.33 Å². The van der Waals surface area contributed by atoms with E-state index in [4.69, 9.17) is 0 Å². The Morgan fingerprint density at radius 2 is 1.77 bits per heavy atom. The van der Waals surface area contributed by atoms with Crippen LogP contribution in [0.3, 0.4) is 0 Å². The largest absolute Gasteiger partial charge is 0.326 e. The molecular formula is C19H20N6O4S. The van der Waals surface area contributed by atoms with Crippen LogP contribution in [0.5, 0.6) is 0 Å². The third kappa shape index (κ3) is 5.20. The van der Waals surface area contributed by atoms with Gasteiger partial charge in [0.2, 0.25) is 15.9 Å². The normalized spacial score (nSPS) is 11.0. The Hall–Kier alpha value is -3.73. The quantitative estimate of drug-likeness (QED) is 0.550. The number of rotatable bonds is 6. The van der Waals surface area contributed by atoms with Crippen molar-refractivity contribution in [2.75, 3.05) is 21.6 Å². The molecule has 0 unspecified atom stereocenters. The SMILES string of the molecule is CC(=O)Nc1ccc(NS(C)(=O)=O)c(C(=O)Nc2cccc(-c3nncn3C)c2)c1. The molecule has 1 aromatic heterocycles. The van der Waals surface area contributed by atoms with E-state index in [1.165, 1.54) is 25.1 Å². The van der Waals surface area contributed by atoms with Crippen LogP contribution in [0.2, 0.25) is 0 Å². The number of hydrogen-bond acceptors (Lipinski definition) is 6. The van der Waals surface area contributed by atoms with Gasteiger partial charge in [-0.3, -0.25) is 14.3 Å². The molecule has 0 bridgehead atoms. The van der Waals surface area contributed by atoms with Gasteiger partial charge in [-0.1, -0.05) is 12.1 Å². The standard InChI is InChI=1S/C19H20N6O4S/c1-12(26)21-15-7-8-17(24-30(3,28)29)16(10-15)19(27)22-14-6-4-5-13(9-14)18-23-20-11-25(18)2/h4-11,24H,1-3H3,(H,21,26)(H,22,27). The third-order valence-corrected chi connectivity index (χ3v) is 4.56. The van der Waals surface area contributed by atoms with Crippen LogP contribution >= 0.6 is 0 Å². The number of benzene rings is 2. The Morgan fingerprint density at radius 1 is 1.03 bits per heavy atom. The number of anilines is 3. The van der Waals surface area contributed by atoms with Crippen molar-refractivity contribution in [1.29, 1.82) is 0 Å². The molecule has 2 aromatic carbocycles. The lowest BCUT2D eigenvalue weighted by atomic mass is 10.1. The molecule has 2 amide bonds. The number of nitrogens with zero attached hydrogens (tertiary/aromatic N) is 3. The van der Waals surface area contributed by atoms with Gasteiger partial charge in [-0.2, -0.15) is 0 Å². The number of nitrogens with one attached hydrogen (secondary N) is 3. The lowest BCUT2D eigenvalue weighted by Crippen LogP contribution is -2.18. The average molecular weight is 428 g/mol. The summed E-state index contributed by atoms with van der Waals surface area (Å²) in [7, 11) is -1.82. The van der Waals surface area contributed by atoms with Gasteiger partial charge in [0.15, 0.2) is 5.82 Å². The van der Waals surface area contributed by atoms with Gasteiger partial charge in [-0.25, -0.2) is 8.42 Å². The maximum absolute atomic E-state index is 12.9. The van der Waals surface area contributed by atoms with Crippen LogP contribution in [0.25, 0.3) is 11.4 Å². The predicted octanol–water partition coefficient (Wildman–Crippen LogP) is 2.06. The zero-order chi connectivity index (χ0) is 21.9. The molecule has 30 heavy (non-hydrogen) atoms. The minimum absolute atomic E-state index is 0.0516. The molecule has 0 saturated heterocycles. The second-order valence-electron chi connectivity index (χ2n) is 6.62. The van der Waals surface area contributed by atoms with E-state index in [1.54, 1.807) is 36.1 Å². The summed E-state index contributed by atoms with van der Waals surface area (Å²) in [5.74, 6) is -0.247. The number of sulfonamides is 1. The van der Waals surface area contributed by atoms with Crippen molar-refractivity contribution in [3.8, 4) is 11.4 Å². The molecule has 0 spiro atoms. The molecule has 0 aliphatic rings. The van der Waals surface area contributed by atoms with E-state index in [0.717, 1.165) is 11.8 Å². The minimum atomic E-state index is -3.62. The second-order valence-corrected chi connectivity index (χ2v) is 8.36. The van der Waals surface area contributed by atoms with Crippen molar-refractivity contribution in [3.05, 3.63) is 54.4 Å². The van der Waals surface area contributed by atoms with Crippen LogP contribution in [0.15, 0.2) is 48.8 Å². The highest BCUT2D eigenvalue weighted by Crippen LogP contribution is 2.25. The highest BCUT2D eigenvalue weighted by molar-refractivity contribution is 7.92. The second kappa shape index (κ2) is 8.33. The first-order valence-electron chi connectivity index (χ1n) is 8.77. The summed E-state index contributed by atoms with van der Waals surface area (Å²) in [6.45, 7) is 1.33. The fraction of sp³-hybridized carbons (Fsp3) is 0.158. The molecule has 3 rings (SSSR count).